The molecule has 1 fully saturated rings. The van der Waals surface area contributed by atoms with Gasteiger partial charge in [-0.3, -0.25) is 9.69 Å². The number of hydrogen-bond acceptors (Lipinski definition) is 5. The van der Waals surface area contributed by atoms with Crippen LogP contribution in [0.5, 0.6) is 5.75 Å². The first-order valence-corrected chi connectivity index (χ1v) is 13.6. The number of carbonyl (C=O) groups excluding carboxylic acids is 2. The van der Waals surface area contributed by atoms with E-state index in [2.05, 4.69) is 17.9 Å². The highest BCUT2D eigenvalue weighted by atomic mass is 16.5. The average molecular weight is 495 g/mol. The number of nitrogens with zero attached hydrogens (tertiary/aromatic N) is 2. The van der Waals surface area contributed by atoms with Gasteiger partial charge in [-0.05, 0) is 30.2 Å². The Bertz CT molecular complexity index is 907. The second-order valence-electron chi connectivity index (χ2n) is 9.62. The zero-order valence-corrected chi connectivity index (χ0v) is 21.8. The van der Waals surface area contributed by atoms with E-state index in [9.17, 15) is 9.59 Å². The lowest BCUT2D eigenvalue weighted by molar-refractivity contribution is -0.119. The van der Waals surface area contributed by atoms with Crippen molar-refractivity contribution >= 4 is 12.4 Å². The Morgan fingerprint density at radius 3 is 2.22 bits per heavy atom. The molecule has 0 N–H and O–H groups in total. The van der Waals surface area contributed by atoms with E-state index in [1.807, 2.05) is 47.4 Å². The molecule has 36 heavy (non-hydrogen) atoms. The Kier molecular flexibility index (Phi) is 12.3. The van der Waals surface area contributed by atoms with Gasteiger partial charge in [0.1, 0.15) is 12.4 Å². The van der Waals surface area contributed by atoms with Crippen molar-refractivity contribution < 1.29 is 19.1 Å². The van der Waals surface area contributed by atoms with Gasteiger partial charge in [-0.25, -0.2) is 4.79 Å². The van der Waals surface area contributed by atoms with Gasteiger partial charge in [0.15, 0.2) is 0 Å². The minimum atomic E-state index is -0.259. The summed E-state index contributed by atoms with van der Waals surface area (Å²) in [5, 5.41) is 0. The molecule has 0 saturated carbocycles. The van der Waals surface area contributed by atoms with Crippen molar-refractivity contribution in [2.45, 2.75) is 71.4 Å². The number of amides is 1. The molecule has 0 unspecified atom stereocenters. The van der Waals surface area contributed by atoms with Crippen molar-refractivity contribution in [2.75, 3.05) is 32.8 Å². The van der Waals surface area contributed by atoms with Crippen LogP contribution in [0, 0.1) is 0 Å². The molecule has 1 heterocycles. The molecule has 0 atom stereocenters. The molecule has 2 aromatic rings. The highest BCUT2D eigenvalue weighted by molar-refractivity contribution is 5.89. The molecule has 3 rings (SSSR count). The van der Waals surface area contributed by atoms with Crippen LogP contribution in [0.3, 0.4) is 0 Å². The fourth-order valence-corrected chi connectivity index (χ4v) is 4.43. The van der Waals surface area contributed by atoms with E-state index in [1.165, 1.54) is 38.5 Å². The first-order chi connectivity index (χ1) is 17.7. The van der Waals surface area contributed by atoms with Crippen LogP contribution in [-0.2, 0) is 22.7 Å². The number of unbranched alkanes of at least 4 members (excludes halogenated alkanes) is 7. The van der Waals surface area contributed by atoms with Crippen molar-refractivity contribution in [1.29, 1.82) is 0 Å². The third-order valence-corrected chi connectivity index (χ3v) is 6.74. The highest BCUT2D eigenvalue weighted by Gasteiger charge is 2.17. The van der Waals surface area contributed by atoms with E-state index in [0.717, 1.165) is 68.9 Å². The van der Waals surface area contributed by atoms with Gasteiger partial charge in [-0.2, -0.15) is 0 Å². The van der Waals surface area contributed by atoms with Crippen LogP contribution < -0.4 is 4.74 Å². The molecule has 196 valence electrons. The molecule has 0 aliphatic carbocycles. The van der Waals surface area contributed by atoms with Gasteiger partial charge in [0.2, 0.25) is 6.41 Å². The predicted molar refractivity (Wildman–Crippen MR) is 143 cm³/mol. The summed E-state index contributed by atoms with van der Waals surface area (Å²) in [6.07, 6.45) is 10.7. The van der Waals surface area contributed by atoms with Gasteiger partial charge in [-0.15, -0.1) is 0 Å². The summed E-state index contributed by atoms with van der Waals surface area (Å²) in [7, 11) is 0. The maximum Gasteiger partial charge on any atom is 0.338 e. The van der Waals surface area contributed by atoms with E-state index in [1.54, 1.807) is 0 Å². The lowest BCUT2D eigenvalue weighted by Gasteiger charge is -2.32. The largest absolute Gasteiger partial charge is 0.489 e. The third kappa shape index (κ3) is 9.65. The standard InChI is InChI=1S/C30H42N2O4/c1-2-3-4-5-6-7-8-11-22-35-30(34)27-16-14-26(15-17-27)24-36-29-13-10-9-12-28(29)23-31-18-20-32(25-33)21-19-31/h9-10,12-17,25H,2-8,11,18-24H2,1H3. The molecular weight excluding hydrogens is 452 g/mol. The zero-order chi connectivity index (χ0) is 25.4. The average Bonchev–Trinajstić information content (AvgIpc) is 2.92. The van der Waals surface area contributed by atoms with E-state index < -0.39 is 0 Å². The highest BCUT2D eigenvalue weighted by Crippen LogP contribution is 2.22. The topological polar surface area (TPSA) is 59.1 Å². The van der Waals surface area contributed by atoms with Gasteiger partial charge in [0.05, 0.1) is 12.2 Å². The van der Waals surface area contributed by atoms with Crippen LogP contribution in [0.1, 0.15) is 79.8 Å². The number of para-hydroxylation sites is 1. The Morgan fingerprint density at radius 2 is 1.53 bits per heavy atom. The molecule has 1 amide bonds. The van der Waals surface area contributed by atoms with E-state index in [-0.39, 0.29) is 5.97 Å². The molecule has 0 spiro atoms. The fourth-order valence-electron chi connectivity index (χ4n) is 4.43. The first kappa shape index (κ1) is 27.7. The Hall–Kier alpha value is -2.86. The molecule has 6 nitrogen and oxygen atoms in total. The minimum Gasteiger partial charge on any atom is -0.489 e. The Balaban J connectivity index is 1.37. The summed E-state index contributed by atoms with van der Waals surface area (Å²) in [6.45, 7) is 7.21. The van der Waals surface area contributed by atoms with Crippen molar-refractivity contribution in [3.05, 3.63) is 65.2 Å². The van der Waals surface area contributed by atoms with Crippen LogP contribution in [0.2, 0.25) is 0 Å². The fraction of sp³-hybridized carbons (Fsp3) is 0.533. The molecule has 0 bridgehead atoms. The molecular formula is C30H42N2O4. The van der Waals surface area contributed by atoms with Crippen LogP contribution in [0.4, 0.5) is 0 Å². The zero-order valence-electron chi connectivity index (χ0n) is 21.8. The van der Waals surface area contributed by atoms with Crippen LogP contribution in [0.15, 0.2) is 48.5 Å². The van der Waals surface area contributed by atoms with Crippen LogP contribution in [-0.4, -0.2) is 55.0 Å². The normalized spacial score (nSPS) is 14.0. The minimum absolute atomic E-state index is 0.259. The molecule has 1 saturated heterocycles. The summed E-state index contributed by atoms with van der Waals surface area (Å²) in [5.74, 6) is 0.606. The Morgan fingerprint density at radius 1 is 0.861 bits per heavy atom. The Labute approximate surface area is 216 Å². The lowest BCUT2D eigenvalue weighted by atomic mass is 10.1. The summed E-state index contributed by atoms with van der Waals surface area (Å²) < 4.78 is 11.6. The molecule has 6 heteroatoms. The molecule has 0 aromatic heterocycles. The third-order valence-electron chi connectivity index (χ3n) is 6.74. The number of esters is 1. The first-order valence-electron chi connectivity index (χ1n) is 13.6. The second-order valence-corrected chi connectivity index (χ2v) is 9.62. The van der Waals surface area contributed by atoms with Crippen molar-refractivity contribution in [2.24, 2.45) is 0 Å². The predicted octanol–water partition coefficient (Wildman–Crippen LogP) is 5.84. The van der Waals surface area contributed by atoms with Crippen molar-refractivity contribution in [1.82, 2.24) is 9.80 Å². The second kappa shape index (κ2) is 16.0. The maximum atomic E-state index is 12.3. The molecule has 2 aromatic carbocycles. The molecule has 0 radical (unpaired) electrons. The summed E-state index contributed by atoms with van der Waals surface area (Å²) in [5.41, 5.74) is 2.72. The van der Waals surface area contributed by atoms with Crippen molar-refractivity contribution in [3.8, 4) is 5.75 Å². The summed E-state index contributed by atoms with van der Waals surface area (Å²) >= 11 is 0. The number of piperazine rings is 1. The van der Waals surface area contributed by atoms with Gasteiger partial charge >= 0.3 is 5.97 Å². The van der Waals surface area contributed by atoms with E-state index in [4.69, 9.17) is 9.47 Å². The van der Waals surface area contributed by atoms with Gasteiger partial charge in [-0.1, -0.05) is 82.2 Å². The quantitative estimate of drug-likeness (QED) is 0.167. The SMILES string of the molecule is CCCCCCCCCCOC(=O)c1ccc(COc2ccccc2CN2CCN(C=O)CC2)cc1. The lowest BCUT2D eigenvalue weighted by Crippen LogP contribution is -2.45. The maximum absolute atomic E-state index is 12.3. The number of carbonyl (C=O) groups is 2. The number of ether oxygens (including phenoxy) is 2. The number of rotatable bonds is 16. The van der Waals surface area contributed by atoms with Gasteiger partial charge < -0.3 is 14.4 Å². The van der Waals surface area contributed by atoms with Gasteiger partial charge in [0, 0.05) is 38.3 Å². The van der Waals surface area contributed by atoms with Crippen LogP contribution >= 0.6 is 0 Å². The smallest absolute Gasteiger partial charge is 0.338 e. The number of hydrogen-bond donors (Lipinski definition) is 0. The van der Waals surface area contributed by atoms with E-state index in [0.29, 0.717) is 18.8 Å². The number of benzene rings is 2. The molecule has 1 aliphatic rings. The summed E-state index contributed by atoms with van der Waals surface area (Å²) in [6, 6.07) is 15.6. The molecule has 1 aliphatic heterocycles. The van der Waals surface area contributed by atoms with Gasteiger partial charge in [0.25, 0.3) is 0 Å². The van der Waals surface area contributed by atoms with Crippen molar-refractivity contribution in [3.63, 3.8) is 0 Å². The summed E-state index contributed by atoms with van der Waals surface area (Å²) in [4.78, 5) is 27.4. The van der Waals surface area contributed by atoms with E-state index >= 15 is 0 Å². The van der Waals surface area contributed by atoms with Crippen LogP contribution in [0.25, 0.3) is 0 Å². The monoisotopic (exact) mass is 494 g/mol.